The lowest BCUT2D eigenvalue weighted by atomic mass is 10.1. The van der Waals surface area contributed by atoms with Crippen molar-refractivity contribution in [1.82, 2.24) is 4.98 Å². The van der Waals surface area contributed by atoms with Crippen molar-refractivity contribution in [3.8, 4) is 0 Å². The zero-order valence-electron chi connectivity index (χ0n) is 10.1. The van der Waals surface area contributed by atoms with E-state index in [1.54, 1.807) is 6.26 Å². The third-order valence-electron chi connectivity index (χ3n) is 2.42. The number of nitrogens with one attached hydrogen (secondary N) is 1. The second-order valence-electron chi connectivity index (χ2n) is 4.00. The molecule has 5 heteroatoms. The molecule has 3 N–H and O–H groups in total. The molecule has 0 saturated carbocycles. The van der Waals surface area contributed by atoms with Gasteiger partial charge in [-0.05, 0) is 12.5 Å². The highest BCUT2D eigenvalue weighted by Crippen LogP contribution is 2.36. The van der Waals surface area contributed by atoms with Crippen LogP contribution in [0, 0.1) is 12.3 Å². The van der Waals surface area contributed by atoms with Crippen LogP contribution in [0.1, 0.15) is 22.9 Å². The van der Waals surface area contributed by atoms with Crippen molar-refractivity contribution < 1.29 is 4.42 Å². The van der Waals surface area contributed by atoms with Gasteiger partial charge in [0.05, 0.1) is 11.5 Å². The van der Waals surface area contributed by atoms with Gasteiger partial charge < -0.3 is 10.2 Å². The average molecular weight is 261 g/mol. The van der Waals surface area contributed by atoms with Crippen molar-refractivity contribution in [1.29, 1.82) is 5.41 Å². The molecule has 0 spiro atoms. The van der Waals surface area contributed by atoms with E-state index in [0.717, 1.165) is 11.3 Å². The molecular formula is C13H15N3OS. The van der Waals surface area contributed by atoms with Crippen LogP contribution in [0.25, 0.3) is 0 Å². The lowest BCUT2D eigenvalue weighted by molar-refractivity contribution is 0.453. The summed E-state index contributed by atoms with van der Waals surface area (Å²) in [5.74, 6) is 0.166. The number of nitrogens with zero attached hydrogens (tertiary/aromatic N) is 1. The van der Waals surface area contributed by atoms with E-state index < -0.39 is 0 Å². The van der Waals surface area contributed by atoms with E-state index in [0.29, 0.717) is 11.6 Å². The van der Waals surface area contributed by atoms with Gasteiger partial charge in [0.1, 0.15) is 6.26 Å². The van der Waals surface area contributed by atoms with Crippen molar-refractivity contribution in [2.24, 2.45) is 5.73 Å². The molecule has 0 aliphatic rings. The molecule has 0 saturated heterocycles. The van der Waals surface area contributed by atoms with Crippen LogP contribution in [0.5, 0.6) is 0 Å². The van der Waals surface area contributed by atoms with Gasteiger partial charge in [-0.1, -0.05) is 42.1 Å². The van der Waals surface area contributed by atoms with Crippen LogP contribution in [0.15, 0.2) is 46.2 Å². The molecule has 94 valence electrons. The SMILES string of the molecule is Cc1coc(SC(CC(=N)N)c2ccccc2)n1. The van der Waals surface area contributed by atoms with Crippen molar-refractivity contribution in [3.05, 3.63) is 47.9 Å². The first-order valence-corrected chi connectivity index (χ1v) is 6.50. The highest BCUT2D eigenvalue weighted by Gasteiger charge is 2.17. The lowest BCUT2D eigenvalue weighted by Crippen LogP contribution is -2.13. The summed E-state index contributed by atoms with van der Waals surface area (Å²) >= 11 is 1.49. The van der Waals surface area contributed by atoms with Crippen molar-refractivity contribution in [2.75, 3.05) is 0 Å². The number of hydrogen-bond donors (Lipinski definition) is 2. The second kappa shape index (κ2) is 5.73. The topological polar surface area (TPSA) is 75.9 Å². The maximum atomic E-state index is 7.46. The number of thioether (sulfide) groups is 1. The molecule has 0 aliphatic carbocycles. The fourth-order valence-corrected chi connectivity index (χ4v) is 2.70. The second-order valence-corrected chi connectivity index (χ2v) is 5.16. The summed E-state index contributed by atoms with van der Waals surface area (Å²) in [4.78, 5) is 4.27. The predicted octanol–water partition coefficient (Wildman–Crippen LogP) is 3.14. The Morgan fingerprint density at radius 2 is 2.17 bits per heavy atom. The molecular weight excluding hydrogens is 246 g/mol. The van der Waals surface area contributed by atoms with Crippen LogP contribution in [-0.4, -0.2) is 10.8 Å². The number of aryl methyl sites for hydroxylation is 1. The third kappa shape index (κ3) is 3.37. The van der Waals surface area contributed by atoms with Gasteiger partial charge in [-0.3, -0.25) is 5.41 Å². The van der Waals surface area contributed by atoms with E-state index >= 15 is 0 Å². The summed E-state index contributed by atoms with van der Waals surface area (Å²) in [6.07, 6.45) is 2.11. The number of rotatable bonds is 5. The fraction of sp³-hybridized carbons (Fsp3) is 0.231. The molecule has 18 heavy (non-hydrogen) atoms. The summed E-state index contributed by atoms with van der Waals surface area (Å²) in [5.41, 5.74) is 7.48. The normalized spacial score (nSPS) is 12.3. The Kier molecular flexibility index (Phi) is 4.04. The Morgan fingerprint density at radius 1 is 1.44 bits per heavy atom. The van der Waals surface area contributed by atoms with Gasteiger partial charge in [-0.15, -0.1) is 0 Å². The number of nitrogens with two attached hydrogens (primary N) is 1. The summed E-state index contributed by atoms with van der Waals surface area (Å²) in [6, 6.07) is 9.97. The van der Waals surface area contributed by atoms with Gasteiger partial charge >= 0.3 is 0 Å². The smallest absolute Gasteiger partial charge is 0.256 e. The Morgan fingerprint density at radius 3 is 2.72 bits per heavy atom. The van der Waals surface area contributed by atoms with E-state index in [1.165, 1.54) is 11.8 Å². The van der Waals surface area contributed by atoms with Gasteiger partial charge in [0.15, 0.2) is 0 Å². The van der Waals surface area contributed by atoms with Gasteiger partial charge in [-0.2, -0.15) is 0 Å². The minimum atomic E-state index is 0.0572. The molecule has 2 aromatic rings. The van der Waals surface area contributed by atoms with E-state index in [-0.39, 0.29) is 11.1 Å². The van der Waals surface area contributed by atoms with Crippen molar-refractivity contribution in [3.63, 3.8) is 0 Å². The van der Waals surface area contributed by atoms with E-state index in [4.69, 9.17) is 15.6 Å². The van der Waals surface area contributed by atoms with Gasteiger partial charge in [0.25, 0.3) is 5.22 Å². The molecule has 1 atom stereocenters. The number of amidine groups is 1. The minimum absolute atomic E-state index is 0.0572. The molecule has 0 fully saturated rings. The molecule has 1 unspecified atom stereocenters. The molecule has 1 aromatic heterocycles. The quantitative estimate of drug-likeness (QED) is 0.492. The highest BCUT2D eigenvalue weighted by molar-refractivity contribution is 7.99. The number of aromatic nitrogens is 1. The molecule has 1 aromatic carbocycles. The Bertz CT molecular complexity index is 524. The van der Waals surface area contributed by atoms with E-state index in [2.05, 4.69) is 4.98 Å². The maximum absolute atomic E-state index is 7.46. The summed E-state index contributed by atoms with van der Waals surface area (Å²) in [5, 5.41) is 8.13. The molecule has 2 rings (SSSR count). The van der Waals surface area contributed by atoms with E-state index in [1.807, 2.05) is 37.3 Å². The zero-order chi connectivity index (χ0) is 13.0. The molecule has 0 amide bonds. The fourth-order valence-electron chi connectivity index (χ4n) is 1.60. The number of benzene rings is 1. The Balaban J connectivity index is 2.18. The average Bonchev–Trinajstić information content (AvgIpc) is 2.75. The highest BCUT2D eigenvalue weighted by atomic mass is 32.2. The first kappa shape index (κ1) is 12.7. The van der Waals surface area contributed by atoms with Crippen molar-refractivity contribution >= 4 is 17.6 Å². The number of oxazole rings is 1. The van der Waals surface area contributed by atoms with E-state index in [9.17, 15) is 0 Å². The van der Waals surface area contributed by atoms with Gasteiger partial charge in [-0.25, -0.2) is 4.98 Å². The van der Waals surface area contributed by atoms with Gasteiger partial charge in [0, 0.05) is 11.7 Å². The van der Waals surface area contributed by atoms with Crippen LogP contribution < -0.4 is 5.73 Å². The molecule has 0 aliphatic heterocycles. The standard InChI is InChI=1S/C13H15N3OS/c1-9-8-17-13(16-9)18-11(7-12(14)15)10-5-3-2-4-6-10/h2-6,8,11H,7H2,1H3,(H3,14,15). The monoisotopic (exact) mass is 261 g/mol. The first-order chi connectivity index (χ1) is 8.65. The molecule has 4 nitrogen and oxygen atoms in total. The van der Waals surface area contributed by atoms with Crippen LogP contribution in [-0.2, 0) is 0 Å². The van der Waals surface area contributed by atoms with Crippen LogP contribution in [0.2, 0.25) is 0 Å². The molecule has 1 heterocycles. The number of hydrogen-bond acceptors (Lipinski definition) is 4. The largest absolute Gasteiger partial charge is 0.440 e. The summed E-state index contributed by atoms with van der Waals surface area (Å²) in [7, 11) is 0. The predicted molar refractivity (Wildman–Crippen MR) is 72.8 cm³/mol. The maximum Gasteiger partial charge on any atom is 0.256 e. The van der Waals surface area contributed by atoms with Crippen LogP contribution >= 0.6 is 11.8 Å². The Hall–Kier alpha value is -1.75. The van der Waals surface area contributed by atoms with Gasteiger partial charge in [0.2, 0.25) is 0 Å². The van der Waals surface area contributed by atoms with Crippen molar-refractivity contribution in [2.45, 2.75) is 23.8 Å². The Labute approximate surface area is 110 Å². The molecule has 0 radical (unpaired) electrons. The summed E-state index contributed by atoms with van der Waals surface area (Å²) in [6.45, 7) is 1.88. The van der Waals surface area contributed by atoms with Crippen LogP contribution in [0.4, 0.5) is 0 Å². The molecule has 0 bridgehead atoms. The van der Waals surface area contributed by atoms with Crippen LogP contribution in [0.3, 0.4) is 0 Å². The third-order valence-corrected chi connectivity index (χ3v) is 3.53. The summed E-state index contributed by atoms with van der Waals surface area (Å²) < 4.78 is 5.34. The first-order valence-electron chi connectivity index (χ1n) is 5.62. The lowest BCUT2D eigenvalue weighted by Gasteiger charge is -2.13. The zero-order valence-corrected chi connectivity index (χ0v) is 10.9. The minimum Gasteiger partial charge on any atom is -0.440 e.